The van der Waals surface area contributed by atoms with Crippen LogP contribution in [0.5, 0.6) is 0 Å². The van der Waals surface area contributed by atoms with Crippen LogP contribution in [0.25, 0.3) is 0 Å². The van der Waals surface area contributed by atoms with Crippen molar-refractivity contribution >= 4 is 0 Å². The second-order valence-electron chi connectivity index (χ2n) is 9.84. The maximum atomic E-state index is 12.6. The van der Waals surface area contributed by atoms with Gasteiger partial charge in [0.1, 0.15) is 5.82 Å². The molecule has 2 aromatic rings. The normalized spacial score (nSPS) is 26.9. The van der Waals surface area contributed by atoms with E-state index in [1.54, 1.807) is 4.57 Å². The van der Waals surface area contributed by atoms with E-state index in [1.165, 1.54) is 15.8 Å². The first-order chi connectivity index (χ1) is 15.5. The van der Waals surface area contributed by atoms with Crippen LogP contribution in [-0.2, 0) is 31.0 Å². The molecule has 2 saturated heterocycles. The summed E-state index contributed by atoms with van der Waals surface area (Å²) >= 11 is 0. The first kappa shape index (κ1) is 21.8. The second-order valence-corrected chi connectivity index (χ2v) is 9.84. The van der Waals surface area contributed by atoms with Crippen molar-refractivity contribution in [3.63, 3.8) is 0 Å². The molecule has 8 nitrogen and oxygen atoms in total. The molecule has 0 saturated carbocycles. The van der Waals surface area contributed by atoms with Gasteiger partial charge in [0.25, 0.3) is 0 Å². The fourth-order valence-corrected chi connectivity index (χ4v) is 5.68. The summed E-state index contributed by atoms with van der Waals surface area (Å²) in [4.78, 5) is 17.3. The Hall–Kier alpha value is -2.00. The van der Waals surface area contributed by atoms with Crippen molar-refractivity contribution in [3.8, 4) is 0 Å². The van der Waals surface area contributed by atoms with E-state index < -0.39 is 6.10 Å². The number of aryl methyl sites for hydroxylation is 1. The van der Waals surface area contributed by atoms with Gasteiger partial charge >= 0.3 is 5.69 Å². The molecule has 0 amide bonds. The number of aliphatic hydroxyl groups excluding tert-OH is 1. The molecular weight excluding hydrogens is 406 g/mol. The van der Waals surface area contributed by atoms with Crippen molar-refractivity contribution in [1.29, 1.82) is 0 Å². The summed E-state index contributed by atoms with van der Waals surface area (Å²) in [6.45, 7) is 5.85. The van der Waals surface area contributed by atoms with E-state index in [0.717, 1.165) is 38.1 Å². The summed E-state index contributed by atoms with van der Waals surface area (Å²) in [5.74, 6) is 0.794. The van der Waals surface area contributed by atoms with Crippen molar-refractivity contribution < 1.29 is 9.84 Å². The molecule has 3 unspecified atom stereocenters. The highest BCUT2D eigenvalue weighted by molar-refractivity contribution is 5.24. The first-order valence-electron chi connectivity index (χ1n) is 11.9. The maximum absolute atomic E-state index is 12.6. The predicted octanol–water partition coefficient (Wildman–Crippen LogP) is 1.37. The first-order valence-corrected chi connectivity index (χ1v) is 11.9. The molecule has 0 aliphatic carbocycles. The molecule has 32 heavy (non-hydrogen) atoms. The lowest BCUT2D eigenvalue weighted by molar-refractivity contribution is -0.0403. The van der Waals surface area contributed by atoms with Crippen molar-refractivity contribution in [2.75, 3.05) is 20.1 Å². The number of ether oxygens (including phenoxy) is 1. The minimum Gasteiger partial charge on any atom is -0.390 e. The van der Waals surface area contributed by atoms with Crippen LogP contribution < -0.4 is 5.69 Å². The van der Waals surface area contributed by atoms with Gasteiger partial charge < -0.3 is 9.84 Å². The summed E-state index contributed by atoms with van der Waals surface area (Å²) in [6, 6.07) is 9.31. The number of piperidine rings is 1. The predicted molar refractivity (Wildman–Crippen MR) is 121 cm³/mol. The highest BCUT2D eigenvalue weighted by Crippen LogP contribution is 2.37. The van der Waals surface area contributed by atoms with Crippen molar-refractivity contribution in [3.05, 3.63) is 51.7 Å². The van der Waals surface area contributed by atoms with Crippen LogP contribution in [0.2, 0.25) is 0 Å². The zero-order valence-corrected chi connectivity index (χ0v) is 19.2. The summed E-state index contributed by atoms with van der Waals surface area (Å²) in [6.07, 6.45) is 4.02. The number of rotatable bonds is 7. The molecule has 3 atom stereocenters. The Labute approximate surface area is 189 Å². The van der Waals surface area contributed by atoms with E-state index in [4.69, 9.17) is 4.74 Å². The minimum absolute atomic E-state index is 0.0987. The third-order valence-corrected chi connectivity index (χ3v) is 7.50. The number of benzene rings is 1. The number of aromatic nitrogens is 3. The lowest BCUT2D eigenvalue weighted by Crippen LogP contribution is -2.49. The fraction of sp³-hybridized carbons (Fsp3) is 0.667. The monoisotopic (exact) mass is 441 g/mol. The Kier molecular flexibility index (Phi) is 6.20. The van der Waals surface area contributed by atoms with E-state index in [0.29, 0.717) is 38.3 Å². The van der Waals surface area contributed by atoms with Crippen molar-refractivity contribution in [2.45, 2.75) is 83.1 Å². The van der Waals surface area contributed by atoms with E-state index in [-0.39, 0.29) is 18.3 Å². The maximum Gasteiger partial charge on any atom is 0.346 e. The van der Waals surface area contributed by atoms with Gasteiger partial charge in [-0.2, -0.15) is 5.10 Å². The highest BCUT2D eigenvalue weighted by Gasteiger charge is 2.41. The average molecular weight is 442 g/mol. The van der Waals surface area contributed by atoms with Crippen LogP contribution in [0.4, 0.5) is 0 Å². The van der Waals surface area contributed by atoms with Crippen LogP contribution in [0.3, 0.4) is 0 Å². The SMILES string of the molecule is Cc1ccccc1COC1CC2CCC(C1)N2CC(O)Cn1nc2n(c1=O)CCN(C)C2. The molecule has 1 aromatic heterocycles. The number of hydrogen-bond acceptors (Lipinski definition) is 6. The Morgan fingerprint density at radius 1 is 1.16 bits per heavy atom. The number of nitrogens with zero attached hydrogens (tertiary/aromatic N) is 5. The Bertz CT molecular complexity index is 988. The topological polar surface area (TPSA) is 75.8 Å². The molecule has 4 heterocycles. The van der Waals surface area contributed by atoms with Gasteiger partial charge in [0.15, 0.2) is 0 Å². The molecule has 174 valence electrons. The molecule has 3 aliphatic heterocycles. The zero-order chi connectivity index (χ0) is 22.2. The molecule has 3 aliphatic rings. The lowest BCUT2D eigenvalue weighted by atomic mass is 9.99. The summed E-state index contributed by atoms with van der Waals surface area (Å²) < 4.78 is 9.50. The third kappa shape index (κ3) is 4.41. The molecule has 1 aromatic carbocycles. The van der Waals surface area contributed by atoms with Crippen molar-refractivity contribution in [1.82, 2.24) is 24.1 Å². The smallest absolute Gasteiger partial charge is 0.346 e. The van der Waals surface area contributed by atoms with Gasteiger partial charge in [-0.15, -0.1) is 0 Å². The fourth-order valence-electron chi connectivity index (χ4n) is 5.68. The number of likely N-dealkylation sites (N-methyl/N-ethyl adjacent to an activating group) is 1. The third-order valence-electron chi connectivity index (χ3n) is 7.50. The quantitative estimate of drug-likeness (QED) is 0.700. The Morgan fingerprint density at radius 2 is 1.91 bits per heavy atom. The average Bonchev–Trinajstić information content (AvgIpc) is 3.18. The van der Waals surface area contributed by atoms with Gasteiger partial charge in [0, 0.05) is 31.7 Å². The Balaban J connectivity index is 1.16. The van der Waals surface area contributed by atoms with E-state index in [1.807, 2.05) is 7.05 Å². The molecule has 2 fully saturated rings. The van der Waals surface area contributed by atoms with E-state index in [2.05, 4.69) is 46.1 Å². The number of fused-ring (bicyclic) bond motifs is 3. The van der Waals surface area contributed by atoms with Crippen LogP contribution in [0.1, 0.15) is 42.6 Å². The summed E-state index contributed by atoms with van der Waals surface area (Å²) in [7, 11) is 2.03. The van der Waals surface area contributed by atoms with Crippen LogP contribution >= 0.6 is 0 Å². The van der Waals surface area contributed by atoms with Gasteiger partial charge in [-0.3, -0.25) is 14.4 Å². The second kappa shape index (κ2) is 9.09. The van der Waals surface area contributed by atoms with Gasteiger partial charge in [-0.05, 0) is 50.8 Å². The standard InChI is InChI=1S/C24H35N5O3/c1-17-5-3-4-6-18(17)16-32-22-11-19-7-8-20(12-22)28(19)13-21(30)14-29-24(31)27-10-9-26(2)15-23(27)25-29/h3-6,19-22,30H,7-16H2,1-2H3. The summed E-state index contributed by atoms with van der Waals surface area (Å²) in [5, 5.41) is 15.3. The lowest BCUT2D eigenvalue weighted by Gasteiger charge is -2.39. The number of aliphatic hydroxyl groups is 1. The molecule has 5 rings (SSSR count). The van der Waals surface area contributed by atoms with Gasteiger partial charge in [-0.25, -0.2) is 9.48 Å². The van der Waals surface area contributed by atoms with Gasteiger partial charge in [-0.1, -0.05) is 24.3 Å². The zero-order valence-electron chi connectivity index (χ0n) is 19.2. The van der Waals surface area contributed by atoms with Crippen LogP contribution in [0, 0.1) is 6.92 Å². The van der Waals surface area contributed by atoms with Crippen molar-refractivity contribution in [2.24, 2.45) is 0 Å². The summed E-state index contributed by atoms with van der Waals surface area (Å²) in [5.41, 5.74) is 2.44. The van der Waals surface area contributed by atoms with E-state index in [9.17, 15) is 9.90 Å². The minimum atomic E-state index is -0.602. The van der Waals surface area contributed by atoms with Gasteiger partial charge in [0.2, 0.25) is 0 Å². The van der Waals surface area contributed by atoms with Crippen LogP contribution in [-0.4, -0.2) is 73.7 Å². The molecule has 0 radical (unpaired) electrons. The Morgan fingerprint density at radius 3 is 2.66 bits per heavy atom. The molecule has 1 N–H and O–H groups in total. The molecular formula is C24H35N5O3. The van der Waals surface area contributed by atoms with E-state index >= 15 is 0 Å². The van der Waals surface area contributed by atoms with Gasteiger partial charge in [0.05, 0.1) is 31.9 Å². The highest BCUT2D eigenvalue weighted by atomic mass is 16.5. The molecule has 0 spiro atoms. The molecule has 2 bridgehead atoms. The van der Waals surface area contributed by atoms with Crippen LogP contribution in [0.15, 0.2) is 29.1 Å². The number of hydrogen-bond donors (Lipinski definition) is 1. The molecule has 8 heteroatoms. The largest absolute Gasteiger partial charge is 0.390 e.